The number of rotatable bonds is 4. The fraction of sp³-hybridized carbons (Fsp3) is 0.625. The van der Waals surface area contributed by atoms with Gasteiger partial charge in [0.1, 0.15) is 11.7 Å². The van der Waals surface area contributed by atoms with E-state index >= 15 is 0 Å². The summed E-state index contributed by atoms with van der Waals surface area (Å²) in [5.74, 6) is 0. The number of aromatic nitrogens is 1. The second-order valence-corrected chi connectivity index (χ2v) is 3.94. The van der Waals surface area contributed by atoms with Gasteiger partial charge in [0, 0.05) is 17.6 Å². The average Bonchev–Trinajstić information content (AvgIpc) is 2.47. The van der Waals surface area contributed by atoms with Gasteiger partial charge in [-0.2, -0.15) is 0 Å². The molecular formula is C8H13FN2S. The predicted octanol–water partition coefficient (Wildman–Crippen LogP) is 2.07. The number of hydrogen-bond donors (Lipinski definition) is 1. The molecule has 0 radical (unpaired) electrons. The Hall–Kier alpha value is -0.480. The Kier molecular flexibility index (Phi) is 3.62. The van der Waals surface area contributed by atoms with E-state index in [0.29, 0.717) is 6.54 Å². The quantitative estimate of drug-likeness (QED) is 0.782. The van der Waals surface area contributed by atoms with E-state index in [0.717, 1.165) is 5.01 Å². The van der Waals surface area contributed by atoms with Gasteiger partial charge in [0.2, 0.25) is 0 Å². The Morgan fingerprint density at radius 3 is 3.00 bits per heavy atom. The molecule has 1 rings (SSSR count). The van der Waals surface area contributed by atoms with E-state index in [1.165, 1.54) is 4.88 Å². The first-order valence-electron chi connectivity index (χ1n) is 3.95. The largest absolute Gasteiger partial charge is 0.306 e. The Balaban J connectivity index is 2.47. The lowest BCUT2D eigenvalue weighted by molar-refractivity contribution is 0.444. The van der Waals surface area contributed by atoms with Crippen LogP contribution < -0.4 is 5.32 Å². The molecule has 0 spiro atoms. The van der Waals surface area contributed by atoms with Gasteiger partial charge in [0.25, 0.3) is 0 Å². The van der Waals surface area contributed by atoms with Crippen LogP contribution in [0.1, 0.15) is 22.9 Å². The minimum atomic E-state index is -0.325. The molecule has 0 saturated carbocycles. The smallest absolute Gasteiger partial charge is 0.109 e. The summed E-state index contributed by atoms with van der Waals surface area (Å²) < 4.78 is 11.8. The van der Waals surface area contributed by atoms with E-state index < -0.39 is 0 Å². The summed E-state index contributed by atoms with van der Waals surface area (Å²) >= 11 is 1.65. The normalized spacial score (nSPS) is 13.2. The van der Waals surface area contributed by atoms with Crippen molar-refractivity contribution in [2.45, 2.75) is 19.9 Å². The fourth-order valence-electron chi connectivity index (χ4n) is 0.931. The second kappa shape index (κ2) is 4.52. The molecule has 1 heterocycles. The van der Waals surface area contributed by atoms with Crippen molar-refractivity contribution >= 4 is 11.3 Å². The van der Waals surface area contributed by atoms with Gasteiger partial charge in [0.05, 0.1) is 6.04 Å². The van der Waals surface area contributed by atoms with Crippen molar-refractivity contribution in [2.75, 3.05) is 13.2 Å². The zero-order valence-electron chi connectivity index (χ0n) is 7.30. The SMILES string of the molecule is Cc1cnc(C(C)NCCF)s1. The highest BCUT2D eigenvalue weighted by atomic mass is 32.1. The molecule has 68 valence electrons. The Bertz CT molecular complexity index is 237. The van der Waals surface area contributed by atoms with Crippen LogP contribution in [-0.2, 0) is 0 Å². The summed E-state index contributed by atoms with van der Waals surface area (Å²) in [5.41, 5.74) is 0. The molecule has 1 aromatic heterocycles. The van der Waals surface area contributed by atoms with E-state index in [9.17, 15) is 4.39 Å². The number of nitrogens with zero attached hydrogens (tertiary/aromatic N) is 1. The summed E-state index contributed by atoms with van der Waals surface area (Å²) in [5, 5.41) is 4.06. The highest BCUT2D eigenvalue weighted by Gasteiger charge is 2.07. The topological polar surface area (TPSA) is 24.9 Å². The first-order chi connectivity index (χ1) is 5.74. The maximum absolute atomic E-state index is 11.8. The summed E-state index contributed by atoms with van der Waals surface area (Å²) in [7, 11) is 0. The summed E-state index contributed by atoms with van der Waals surface area (Å²) in [6, 6.07) is 0.166. The standard InChI is InChI=1S/C8H13FN2S/c1-6-5-11-8(12-6)7(2)10-4-3-9/h5,7,10H,3-4H2,1-2H3. The van der Waals surface area contributed by atoms with Gasteiger partial charge < -0.3 is 5.32 Å². The zero-order valence-corrected chi connectivity index (χ0v) is 8.12. The predicted molar refractivity (Wildman–Crippen MR) is 49.2 cm³/mol. The minimum Gasteiger partial charge on any atom is -0.306 e. The molecule has 0 saturated heterocycles. The van der Waals surface area contributed by atoms with Crippen molar-refractivity contribution < 1.29 is 4.39 Å². The van der Waals surface area contributed by atoms with Crippen molar-refractivity contribution in [1.82, 2.24) is 10.3 Å². The van der Waals surface area contributed by atoms with Crippen LogP contribution in [0.3, 0.4) is 0 Å². The Morgan fingerprint density at radius 1 is 1.75 bits per heavy atom. The third kappa shape index (κ3) is 2.53. The molecule has 0 bridgehead atoms. The van der Waals surface area contributed by atoms with Gasteiger partial charge >= 0.3 is 0 Å². The van der Waals surface area contributed by atoms with Crippen LogP contribution in [0.4, 0.5) is 4.39 Å². The van der Waals surface area contributed by atoms with E-state index in [-0.39, 0.29) is 12.7 Å². The molecular weight excluding hydrogens is 175 g/mol. The van der Waals surface area contributed by atoms with Gasteiger partial charge in [-0.3, -0.25) is 0 Å². The Morgan fingerprint density at radius 2 is 2.50 bits per heavy atom. The van der Waals surface area contributed by atoms with Crippen LogP contribution in [0.2, 0.25) is 0 Å². The summed E-state index contributed by atoms with van der Waals surface area (Å²) in [4.78, 5) is 5.40. The third-order valence-corrected chi connectivity index (χ3v) is 2.65. The van der Waals surface area contributed by atoms with Gasteiger partial charge in [0.15, 0.2) is 0 Å². The van der Waals surface area contributed by atoms with Crippen LogP contribution in [0.25, 0.3) is 0 Å². The number of halogens is 1. The van der Waals surface area contributed by atoms with Gasteiger partial charge in [-0.25, -0.2) is 9.37 Å². The number of thiazole rings is 1. The molecule has 1 aromatic rings. The molecule has 0 amide bonds. The molecule has 0 aliphatic carbocycles. The molecule has 1 atom stereocenters. The van der Waals surface area contributed by atoms with Crippen LogP contribution in [0.5, 0.6) is 0 Å². The number of nitrogens with one attached hydrogen (secondary N) is 1. The van der Waals surface area contributed by atoms with E-state index in [4.69, 9.17) is 0 Å². The van der Waals surface area contributed by atoms with Crippen molar-refractivity contribution in [2.24, 2.45) is 0 Å². The lowest BCUT2D eigenvalue weighted by Gasteiger charge is -2.07. The van der Waals surface area contributed by atoms with Crippen molar-refractivity contribution in [3.63, 3.8) is 0 Å². The fourth-order valence-corrected chi connectivity index (χ4v) is 1.73. The maximum atomic E-state index is 11.8. The number of aryl methyl sites for hydroxylation is 1. The average molecular weight is 188 g/mol. The highest BCUT2D eigenvalue weighted by molar-refractivity contribution is 7.11. The van der Waals surface area contributed by atoms with Crippen LogP contribution in [-0.4, -0.2) is 18.2 Å². The number of alkyl halides is 1. The molecule has 0 aliphatic rings. The lowest BCUT2D eigenvalue weighted by Crippen LogP contribution is -2.20. The third-order valence-electron chi connectivity index (χ3n) is 1.55. The van der Waals surface area contributed by atoms with Gasteiger partial charge in [-0.1, -0.05) is 0 Å². The molecule has 1 unspecified atom stereocenters. The van der Waals surface area contributed by atoms with E-state index in [1.807, 2.05) is 20.0 Å². The molecule has 1 N–H and O–H groups in total. The van der Waals surface area contributed by atoms with Crippen LogP contribution in [0, 0.1) is 6.92 Å². The van der Waals surface area contributed by atoms with Crippen molar-refractivity contribution in [3.8, 4) is 0 Å². The van der Waals surface area contributed by atoms with Crippen LogP contribution >= 0.6 is 11.3 Å². The zero-order chi connectivity index (χ0) is 8.97. The first-order valence-corrected chi connectivity index (χ1v) is 4.77. The second-order valence-electron chi connectivity index (χ2n) is 2.67. The van der Waals surface area contributed by atoms with Crippen molar-refractivity contribution in [3.05, 3.63) is 16.1 Å². The molecule has 0 fully saturated rings. The monoisotopic (exact) mass is 188 g/mol. The first kappa shape index (κ1) is 9.61. The molecule has 4 heteroatoms. The van der Waals surface area contributed by atoms with E-state index in [1.54, 1.807) is 11.3 Å². The van der Waals surface area contributed by atoms with Crippen molar-refractivity contribution in [1.29, 1.82) is 0 Å². The molecule has 0 aliphatic heterocycles. The lowest BCUT2D eigenvalue weighted by atomic mass is 10.3. The van der Waals surface area contributed by atoms with Gasteiger partial charge in [-0.05, 0) is 13.8 Å². The Labute approximate surface area is 75.8 Å². The van der Waals surface area contributed by atoms with Gasteiger partial charge in [-0.15, -0.1) is 11.3 Å². The molecule has 0 aromatic carbocycles. The molecule has 12 heavy (non-hydrogen) atoms. The molecule has 2 nitrogen and oxygen atoms in total. The summed E-state index contributed by atoms with van der Waals surface area (Å²) in [6.07, 6.45) is 1.84. The minimum absolute atomic E-state index is 0.166. The highest BCUT2D eigenvalue weighted by Crippen LogP contribution is 2.18. The number of hydrogen-bond acceptors (Lipinski definition) is 3. The van der Waals surface area contributed by atoms with E-state index in [2.05, 4.69) is 10.3 Å². The summed E-state index contributed by atoms with van der Waals surface area (Å²) in [6.45, 7) is 4.09. The maximum Gasteiger partial charge on any atom is 0.109 e. The van der Waals surface area contributed by atoms with Crippen LogP contribution in [0.15, 0.2) is 6.20 Å².